The maximum Gasteiger partial charge on any atom is 0.536 e. The number of hydrogen-bond donors (Lipinski definition) is 0. The summed E-state index contributed by atoms with van der Waals surface area (Å²) in [5.41, 5.74) is -6.13. The van der Waals surface area contributed by atoms with Gasteiger partial charge in [-0.1, -0.05) is 11.2 Å². The second-order valence-electron chi connectivity index (χ2n) is 2.50. The van der Waals surface area contributed by atoms with Gasteiger partial charge in [0.25, 0.3) is 0 Å². The molecule has 0 aliphatic carbocycles. The fraction of sp³-hybridized carbons (Fsp3) is 0.143. The molecule has 0 unspecified atom stereocenters. The molecule has 0 saturated heterocycles. The monoisotopic (exact) mass is 284 g/mol. The van der Waals surface area contributed by atoms with Gasteiger partial charge in [-0.15, -0.1) is 11.3 Å². The first kappa shape index (κ1) is 13.5. The van der Waals surface area contributed by atoms with E-state index < -0.39 is 21.3 Å². The van der Waals surface area contributed by atoms with E-state index >= 15 is 0 Å². The molecule has 0 fully saturated rings. The van der Waals surface area contributed by atoms with Crippen LogP contribution >= 0.6 is 11.3 Å². The molecule has 5 nitrogen and oxygen atoms in total. The van der Waals surface area contributed by atoms with Crippen LogP contribution in [0.25, 0.3) is 0 Å². The molecule has 0 N–H and O–H groups in total. The fourth-order valence-corrected chi connectivity index (χ4v) is 1.57. The van der Waals surface area contributed by atoms with E-state index in [9.17, 15) is 21.6 Å². The summed E-state index contributed by atoms with van der Waals surface area (Å²) in [5, 5.41) is 12.8. The largest absolute Gasteiger partial charge is 0.536 e. The third kappa shape index (κ3) is 3.18. The number of thiophene rings is 1. The highest BCUT2D eigenvalue weighted by Gasteiger charge is 2.49. The summed E-state index contributed by atoms with van der Waals surface area (Å²) >= 11 is 1.00. The summed E-state index contributed by atoms with van der Waals surface area (Å²) in [6.07, 6.45) is 0. The van der Waals surface area contributed by atoms with Crippen molar-refractivity contribution in [2.75, 3.05) is 0 Å². The van der Waals surface area contributed by atoms with Gasteiger partial charge >= 0.3 is 15.6 Å². The molecule has 0 radical (unpaired) electrons. The van der Waals surface area contributed by atoms with Crippen LogP contribution in [0.15, 0.2) is 22.7 Å². The molecule has 1 rings (SSSR count). The molecular formula is C7H3F3N2O3S2. The SMILES string of the molecule is N#CC(=NOS(=O)(=O)C(F)(F)F)c1cccs1. The normalized spacial score (nSPS) is 13.2. The van der Waals surface area contributed by atoms with E-state index in [2.05, 4.69) is 9.44 Å². The summed E-state index contributed by atoms with van der Waals surface area (Å²) in [6.45, 7) is 0. The van der Waals surface area contributed by atoms with Crippen LogP contribution in [0.3, 0.4) is 0 Å². The van der Waals surface area contributed by atoms with E-state index in [0.29, 0.717) is 0 Å². The van der Waals surface area contributed by atoms with Gasteiger partial charge in [0.05, 0.1) is 4.88 Å². The Kier molecular flexibility index (Phi) is 3.74. The average molecular weight is 284 g/mol. The summed E-state index contributed by atoms with van der Waals surface area (Å²) in [6, 6.07) is 4.34. The van der Waals surface area contributed by atoms with Crippen molar-refractivity contribution in [1.29, 1.82) is 5.26 Å². The van der Waals surface area contributed by atoms with Crippen molar-refractivity contribution in [3.05, 3.63) is 22.4 Å². The van der Waals surface area contributed by atoms with Gasteiger partial charge in [-0.3, -0.25) is 4.28 Å². The lowest BCUT2D eigenvalue weighted by Crippen LogP contribution is -2.24. The van der Waals surface area contributed by atoms with Gasteiger partial charge < -0.3 is 0 Å². The van der Waals surface area contributed by atoms with Crippen LogP contribution in [0.4, 0.5) is 13.2 Å². The van der Waals surface area contributed by atoms with Crippen molar-refractivity contribution < 1.29 is 25.9 Å². The Morgan fingerprint density at radius 1 is 1.53 bits per heavy atom. The van der Waals surface area contributed by atoms with Gasteiger partial charge in [0.1, 0.15) is 6.07 Å². The van der Waals surface area contributed by atoms with Crippen LogP contribution in [0.5, 0.6) is 0 Å². The van der Waals surface area contributed by atoms with Gasteiger partial charge in [0.2, 0.25) is 0 Å². The van der Waals surface area contributed by atoms with Crippen molar-refractivity contribution in [2.24, 2.45) is 5.16 Å². The minimum atomic E-state index is -5.83. The standard InChI is InChI=1S/C7H3F3N2O3S2/c8-7(9,10)17(13,14)15-12-5(4-11)6-2-1-3-16-6/h1-3H. The van der Waals surface area contributed by atoms with E-state index in [-0.39, 0.29) is 4.88 Å². The van der Waals surface area contributed by atoms with E-state index in [1.54, 1.807) is 5.38 Å². The van der Waals surface area contributed by atoms with Crippen molar-refractivity contribution in [3.8, 4) is 6.07 Å². The third-order valence-electron chi connectivity index (χ3n) is 1.37. The minimum absolute atomic E-state index is 0.199. The molecular weight excluding hydrogens is 281 g/mol. The predicted molar refractivity (Wildman–Crippen MR) is 52.5 cm³/mol. The fourth-order valence-electron chi connectivity index (χ4n) is 0.662. The smallest absolute Gasteiger partial charge is 0.260 e. The first-order valence-corrected chi connectivity index (χ1v) is 6.08. The van der Waals surface area contributed by atoms with Crippen LogP contribution in [0.2, 0.25) is 0 Å². The van der Waals surface area contributed by atoms with Crippen molar-refractivity contribution in [2.45, 2.75) is 5.51 Å². The molecule has 0 aliphatic rings. The summed E-state index contributed by atoms with van der Waals surface area (Å²) in [4.78, 5) is 0.199. The van der Waals surface area contributed by atoms with Crippen LogP contribution in [0, 0.1) is 11.3 Å². The van der Waals surface area contributed by atoms with Crippen LogP contribution in [-0.2, 0) is 14.4 Å². The highest BCUT2D eigenvalue weighted by molar-refractivity contribution is 7.87. The lowest BCUT2D eigenvalue weighted by atomic mass is 10.3. The third-order valence-corrected chi connectivity index (χ3v) is 3.08. The Balaban J connectivity index is 2.96. The zero-order valence-corrected chi connectivity index (χ0v) is 9.43. The van der Waals surface area contributed by atoms with E-state index in [4.69, 9.17) is 5.26 Å². The lowest BCUT2D eigenvalue weighted by Gasteiger charge is -2.04. The maximum absolute atomic E-state index is 11.9. The summed E-state index contributed by atoms with van der Waals surface area (Å²) in [7, 11) is -5.83. The van der Waals surface area contributed by atoms with Crippen LogP contribution in [-0.4, -0.2) is 19.6 Å². The Labute approximate surface area is 97.9 Å². The van der Waals surface area contributed by atoms with Gasteiger partial charge in [-0.2, -0.15) is 26.9 Å². The Hall–Kier alpha value is -1.60. The topological polar surface area (TPSA) is 79.5 Å². The molecule has 0 aromatic carbocycles. The molecule has 17 heavy (non-hydrogen) atoms. The maximum atomic E-state index is 11.9. The van der Waals surface area contributed by atoms with Gasteiger partial charge in [-0.25, -0.2) is 0 Å². The molecule has 0 spiro atoms. The zero-order chi connectivity index (χ0) is 13.1. The predicted octanol–water partition coefficient (Wildman–Crippen LogP) is 1.84. The second-order valence-corrected chi connectivity index (χ2v) is 4.97. The highest BCUT2D eigenvalue weighted by atomic mass is 32.2. The number of nitriles is 1. The zero-order valence-electron chi connectivity index (χ0n) is 7.80. The van der Waals surface area contributed by atoms with Crippen molar-refractivity contribution >= 4 is 27.2 Å². The average Bonchev–Trinajstić information content (AvgIpc) is 2.70. The van der Waals surface area contributed by atoms with E-state index in [1.807, 2.05) is 0 Å². The molecule has 0 aliphatic heterocycles. The van der Waals surface area contributed by atoms with Crippen molar-refractivity contribution in [1.82, 2.24) is 0 Å². The molecule has 1 aromatic rings. The van der Waals surface area contributed by atoms with Crippen molar-refractivity contribution in [3.63, 3.8) is 0 Å². The second kappa shape index (κ2) is 4.72. The number of halogens is 3. The number of rotatable bonds is 3. The lowest BCUT2D eigenvalue weighted by molar-refractivity contribution is -0.0540. The minimum Gasteiger partial charge on any atom is -0.260 e. The Morgan fingerprint density at radius 2 is 2.18 bits per heavy atom. The summed E-state index contributed by atoms with van der Waals surface area (Å²) < 4.78 is 60.0. The van der Waals surface area contributed by atoms with Crippen LogP contribution in [0.1, 0.15) is 4.88 Å². The van der Waals surface area contributed by atoms with E-state index in [0.717, 1.165) is 11.3 Å². The quantitative estimate of drug-likeness (QED) is 0.482. The number of oxime groups is 1. The first-order valence-electron chi connectivity index (χ1n) is 3.80. The molecule has 0 atom stereocenters. The van der Waals surface area contributed by atoms with Crippen LogP contribution < -0.4 is 0 Å². The number of nitrogens with zero attached hydrogens (tertiary/aromatic N) is 2. The molecule has 0 saturated carbocycles. The summed E-state index contributed by atoms with van der Waals surface area (Å²) in [5.74, 6) is 0. The molecule has 92 valence electrons. The van der Waals surface area contributed by atoms with E-state index in [1.165, 1.54) is 18.2 Å². The molecule has 1 heterocycles. The first-order chi connectivity index (χ1) is 7.78. The molecule has 0 bridgehead atoms. The number of hydrogen-bond acceptors (Lipinski definition) is 6. The van der Waals surface area contributed by atoms with Gasteiger partial charge in [0, 0.05) is 0 Å². The Bertz CT molecular complexity index is 554. The molecule has 0 amide bonds. The Morgan fingerprint density at radius 3 is 2.59 bits per heavy atom. The highest BCUT2D eigenvalue weighted by Crippen LogP contribution is 2.25. The van der Waals surface area contributed by atoms with Gasteiger partial charge in [-0.05, 0) is 11.4 Å². The molecule has 10 heteroatoms. The molecule has 1 aromatic heterocycles. The number of alkyl halides is 3. The van der Waals surface area contributed by atoms with Gasteiger partial charge in [0.15, 0.2) is 5.71 Å².